The van der Waals surface area contributed by atoms with Crippen molar-refractivity contribution in [3.8, 4) is 0 Å². The first kappa shape index (κ1) is 14.2. The zero-order chi connectivity index (χ0) is 13.9. The SMILES string of the molecule is CCC1(CC)CN(c2ccc(N(C)C)cc2)CCN1. The summed E-state index contributed by atoms with van der Waals surface area (Å²) in [5, 5.41) is 3.71. The minimum atomic E-state index is 0.290. The number of hydrogen-bond acceptors (Lipinski definition) is 3. The van der Waals surface area contributed by atoms with Crippen molar-refractivity contribution < 1.29 is 0 Å². The topological polar surface area (TPSA) is 18.5 Å². The maximum absolute atomic E-state index is 3.71. The Morgan fingerprint density at radius 2 is 1.79 bits per heavy atom. The van der Waals surface area contributed by atoms with Gasteiger partial charge in [0.05, 0.1) is 0 Å². The number of nitrogens with zero attached hydrogens (tertiary/aromatic N) is 2. The molecule has 2 rings (SSSR count). The van der Waals surface area contributed by atoms with Crippen LogP contribution in [-0.4, -0.2) is 39.3 Å². The molecule has 1 N–H and O–H groups in total. The predicted octanol–water partition coefficient (Wildman–Crippen LogP) is 2.72. The van der Waals surface area contributed by atoms with E-state index in [-0.39, 0.29) is 0 Å². The summed E-state index contributed by atoms with van der Waals surface area (Å²) in [5.74, 6) is 0. The molecule has 1 aromatic rings. The molecule has 0 saturated carbocycles. The number of nitrogens with one attached hydrogen (secondary N) is 1. The minimum absolute atomic E-state index is 0.290. The van der Waals surface area contributed by atoms with E-state index in [9.17, 15) is 0 Å². The van der Waals surface area contributed by atoms with Crippen molar-refractivity contribution in [2.24, 2.45) is 0 Å². The number of hydrogen-bond donors (Lipinski definition) is 1. The van der Waals surface area contributed by atoms with Crippen molar-refractivity contribution in [2.75, 3.05) is 43.5 Å². The van der Waals surface area contributed by atoms with E-state index in [4.69, 9.17) is 0 Å². The van der Waals surface area contributed by atoms with Gasteiger partial charge in [0.25, 0.3) is 0 Å². The van der Waals surface area contributed by atoms with E-state index in [1.807, 2.05) is 0 Å². The fraction of sp³-hybridized carbons (Fsp3) is 0.625. The molecule has 1 aliphatic rings. The number of anilines is 2. The van der Waals surface area contributed by atoms with Crippen LogP contribution in [-0.2, 0) is 0 Å². The zero-order valence-electron chi connectivity index (χ0n) is 12.7. The molecule has 1 aromatic carbocycles. The molecule has 1 saturated heterocycles. The summed E-state index contributed by atoms with van der Waals surface area (Å²) in [4.78, 5) is 4.66. The third kappa shape index (κ3) is 3.03. The first-order valence-corrected chi connectivity index (χ1v) is 7.37. The summed E-state index contributed by atoms with van der Waals surface area (Å²) in [7, 11) is 4.16. The Kier molecular flexibility index (Phi) is 4.35. The number of benzene rings is 1. The first-order valence-electron chi connectivity index (χ1n) is 7.37. The molecule has 106 valence electrons. The highest BCUT2D eigenvalue weighted by atomic mass is 15.2. The molecule has 0 spiro atoms. The Morgan fingerprint density at radius 3 is 2.32 bits per heavy atom. The summed E-state index contributed by atoms with van der Waals surface area (Å²) in [6, 6.07) is 8.90. The lowest BCUT2D eigenvalue weighted by Gasteiger charge is -2.44. The molecular formula is C16H27N3. The van der Waals surface area contributed by atoms with Gasteiger partial charge in [0.1, 0.15) is 0 Å². The maximum Gasteiger partial charge on any atom is 0.0368 e. The predicted molar refractivity (Wildman–Crippen MR) is 84.3 cm³/mol. The van der Waals surface area contributed by atoms with E-state index in [2.05, 4.69) is 67.3 Å². The average Bonchev–Trinajstić information content (AvgIpc) is 2.47. The molecule has 0 bridgehead atoms. The molecule has 0 aromatic heterocycles. The third-order valence-corrected chi connectivity index (χ3v) is 4.46. The van der Waals surface area contributed by atoms with Crippen LogP contribution < -0.4 is 15.1 Å². The van der Waals surface area contributed by atoms with Crippen molar-refractivity contribution in [2.45, 2.75) is 32.2 Å². The van der Waals surface area contributed by atoms with Crippen molar-refractivity contribution in [1.82, 2.24) is 5.32 Å². The smallest absolute Gasteiger partial charge is 0.0368 e. The van der Waals surface area contributed by atoms with Gasteiger partial charge in [-0.3, -0.25) is 0 Å². The Balaban J connectivity index is 2.13. The van der Waals surface area contributed by atoms with E-state index in [1.54, 1.807) is 0 Å². The second-order valence-corrected chi connectivity index (χ2v) is 5.75. The second-order valence-electron chi connectivity index (χ2n) is 5.75. The van der Waals surface area contributed by atoms with Crippen molar-refractivity contribution >= 4 is 11.4 Å². The van der Waals surface area contributed by atoms with E-state index in [0.717, 1.165) is 19.6 Å². The van der Waals surface area contributed by atoms with Gasteiger partial charge in [-0.15, -0.1) is 0 Å². The van der Waals surface area contributed by atoms with E-state index >= 15 is 0 Å². The fourth-order valence-corrected chi connectivity index (χ4v) is 2.86. The van der Waals surface area contributed by atoms with Crippen LogP contribution in [0.5, 0.6) is 0 Å². The summed E-state index contributed by atoms with van der Waals surface area (Å²) >= 11 is 0. The Morgan fingerprint density at radius 1 is 1.16 bits per heavy atom. The van der Waals surface area contributed by atoms with E-state index in [1.165, 1.54) is 24.2 Å². The van der Waals surface area contributed by atoms with Gasteiger partial charge in [-0.1, -0.05) is 13.8 Å². The quantitative estimate of drug-likeness (QED) is 0.899. The van der Waals surface area contributed by atoms with Gasteiger partial charge in [0.2, 0.25) is 0 Å². The minimum Gasteiger partial charge on any atom is -0.378 e. The van der Waals surface area contributed by atoms with Gasteiger partial charge in [-0.05, 0) is 37.1 Å². The largest absolute Gasteiger partial charge is 0.378 e. The van der Waals surface area contributed by atoms with Gasteiger partial charge in [0, 0.05) is 50.6 Å². The van der Waals surface area contributed by atoms with Crippen LogP contribution in [0, 0.1) is 0 Å². The van der Waals surface area contributed by atoms with Gasteiger partial charge >= 0.3 is 0 Å². The monoisotopic (exact) mass is 261 g/mol. The van der Waals surface area contributed by atoms with Gasteiger partial charge in [0.15, 0.2) is 0 Å². The molecule has 0 radical (unpaired) electrons. The second kappa shape index (κ2) is 5.83. The standard InChI is InChI=1S/C16H27N3/c1-5-16(6-2)13-19(12-11-17-16)15-9-7-14(8-10-15)18(3)4/h7-10,17H,5-6,11-13H2,1-4H3. The molecule has 3 heteroatoms. The molecular weight excluding hydrogens is 234 g/mol. The normalized spacial score (nSPS) is 18.4. The lowest BCUT2D eigenvalue weighted by Crippen LogP contribution is -2.60. The molecule has 1 heterocycles. The highest BCUT2D eigenvalue weighted by Gasteiger charge is 2.31. The van der Waals surface area contributed by atoms with Gasteiger partial charge in [-0.25, -0.2) is 0 Å². The van der Waals surface area contributed by atoms with Gasteiger partial charge < -0.3 is 15.1 Å². The Bertz CT molecular complexity index is 393. The van der Waals surface area contributed by atoms with Crippen LogP contribution in [0.1, 0.15) is 26.7 Å². The molecule has 0 unspecified atom stereocenters. The van der Waals surface area contributed by atoms with Crippen LogP contribution >= 0.6 is 0 Å². The molecule has 0 aliphatic carbocycles. The summed E-state index contributed by atoms with van der Waals surface area (Å²) in [5.41, 5.74) is 2.90. The Hall–Kier alpha value is -1.22. The molecule has 0 atom stereocenters. The average molecular weight is 261 g/mol. The molecule has 19 heavy (non-hydrogen) atoms. The number of rotatable bonds is 4. The summed E-state index contributed by atoms with van der Waals surface area (Å²) < 4.78 is 0. The Labute approximate surface area is 117 Å². The zero-order valence-corrected chi connectivity index (χ0v) is 12.7. The highest BCUT2D eigenvalue weighted by Crippen LogP contribution is 2.26. The summed E-state index contributed by atoms with van der Waals surface area (Å²) in [6.07, 6.45) is 2.38. The molecule has 3 nitrogen and oxygen atoms in total. The van der Waals surface area contributed by atoms with Crippen LogP contribution in [0.2, 0.25) is 0 Å². The summed E-state index contributed by atoms with van der Waals surface area (Å²) in [6.45, 7) is 7.87. The van der Waals surface area contributed by atoms with Crippen LogP contribution in [0.25, 0.3) is 0 Å². The van der Waals surface area contributed by atoms with Gasteiger partial charge in [-0.2, -0.15) is 0 Å². The van der Waals surface area contributed by atoms with Crippen LogP contribution in [0.4, 0.5) is 11.4 Å². The number of piperazine rings is 1. The molecule has 0 amide bonds. The molecule has 1 fully saturated rings. The van der Waals surface area contributed by atoms with Crippen LogP contribution in [0.3, 0.4) is 0 Å². The van der Waals surface area contributed by atoms with E-state index in [0.29, 0.717) is 5.54 Å². The lowest BCUT2D eigenvalue weighted by atomic mass is 9.90. The highest BCUT2D eigenvalue weighted by molar-refractivity contribution is 5.56. The van der Waals surface area contributed by atoms with E-state index < -0.39 is 0 Å². The molecule has 1 aliphatic heterocycles. The fourth-order valence-electron chi connectivity index (χ4n) is 2.86. The van der Waals surface area contributed by atoms with Crippen molar-refractivity contribution in [3.05, 3.63) is 24.3 Å². The van der Waals surface area contributed by atoms with Crippen LogP contribution in [0.15, 0.2) is 24.3 Å². The lowest BCUT2D eigenvalue weighted by molar-refractivity contribution is 0.277. The van der Waals surface area contributed by atoms with Crippen molar-refractivity contribution in [1.29, 1.82) is 0 Å². The third-order valence-electron chi connectivity index (χ3n) is 4.46. The maximum atomic E-state index is 3.71. The first-order chi connectivity index (χ1) is 9.10. The van der Waals surface area contributed by atoms with Crippen molar-refractivity contribution in [3.63, 3.8) is 0 Å².